The number of nitrogens with one attached hydrogen (secondary N) is 2. The molecule has 0 bridgehead atoms. The number of nitrogens with zero attached hydrogens (tertiary/aromatic N) is 2. The van der Waals surface area contributed by atoms with Crippen LogP contribution in [-0.4, -0.2) is 21.4 Å². The second-order valence-electron chi connectivity index (χ2n) is 5.72. The Labute approximate surface area is 162 Å². The Hall–Kier alpha value is -3.32. The lowest BCUT2D eigenvalue weighted by atomic mass is 10.2. The molecule has 1 amide bonds. The molecule has 0 radical (unpaired) electrons. The highest BCUT2D eigenvalue weighted by molar-refractivity contribution is 6.33. The number of halogens is 1. The number of aryl methyl sites for hydroxylation is 1. The lowest BCUT2D eigenvalue weighted by Gasteiger charge is -2.04. The summed E-state index contributed by atoms with van der Waals surface area (Å²) in [6.45, 7) is 3.77. The molecule has 3 rings (SSSR count). The fourth-order valence-electron chi connectivity index (χ4n) is 2.20. The number of carbonyl (C=O) groups is 1. The molecule has 2 heterocycles. The first-order valence-electron chi connectivity index (χ1n) is 8.07. The fraction of sp³-hybridized carbons (Fsp3) is 0.105. The number of rotatable bonds is 4. The van der Waals surface area contributed by atoms with Gasteiger partial charge in [-0.1, -0.05) is 11.6 Å². The van der Waals surface area contributed by atoms with E-state index in [0.717, 1.165) is 16.8 Å². The SMILES string of the molecule is C/C(N)=C/C=C\N.Cc1cnc2nc(-c3cc(NC=O)ccc3Cl)[nH]c2c1. The lowest BCUT2D eigenvalue weighted by molar-refractivity contribution is -0.105. The van der Waals surface area contributed by atoms with Gasteiger partial charge >= 0.3 is 0 Å². The maximum absolute atomic E-state index is 10.5. The van der Waals surface area contributed by atoms with Crippen LogP contribution < -0.4 is 16.8 Å². The van der Waals surface area contributed by atoms with Crippen LogP contribution in [0.4, 0.5) is 5.69 Å². The first-order chi connectivity index (χ1) is 12.9. The van der Waals surface area contributed by atoms with Crippen molar-refractivity contribution in [2.45, 2.75) is 13.8 Å². The second kappa shape index (κ2) is 9.40. The molecule has 8 heteroatoms. The predicted molar refractivity (Wildman–Crippen MR) is 110 cm³/mol. The van der Waals surface area contributed by atoms with E-state index in [1.165, 1.54) is 6.20 Å². The molecule has 3 aromatic rings. The molecule has 0 unspecified atom stereocenters. The molecule has 27 heavy (non-hydrogen) atoms. The molecular weight excluding hydrogens is 364 g/mol. The lowest BCUT2D eigenvalue weighted by Crippen LogP contribution is -1.94. The molecule has 0 aliphatic heterocycles. The van der Waals surface area contributed by atoms with Gasteiger partial charge in [-0.15, -0.1) is 0 Å². The van der Waals surface area contributed by atoms with Gasteiger partial charge in [-0.2, -0.15) is 0 Å². The minimum atomic E-state index is 0.553. The summed E-state index contributed by atoms with van der Waals surface area (Å²) in [6, 6.07) is 7.18. The summed E-state index contributed by atoms with van der Waals surface area (Å²) >= 11 is 6.19. The number of hydrogen-bond donors (Lipinski definition) is 4. The van der Waals surface area contributed by atoms with Crippen LogP contribution in [0.1, 0.15) is 12.5 Å². The molecule has 0 aliphatic rings. The number of allylic oxidation sites excluding steroid dienone is 3. The standard InChI is InChI=1S/C14H11ClN4O.C5H10N2/c1-8-4-12-14(16-6-8)19-13(18-12)10-5-9(17-7-20)2-3-11(10)15;1-5(7)3-2-4-6/h2-7H,1H3,(H,17,20)(H,16,18,19);2-4H,6-7H2,1H3/b;4-2-,5-3-. The first kappa shape index (κ1) is 20.0. The van der Waals surface area contributed by atoms with E-state index >= 15 is 0 Å². The van der Waals surface area contributed by atoms with Gasteiger partial charge in [0.15, 0.2) is 5.65 Å². The average Bonchev–Trinajstić information content (AvgIpc) is 3.05. The van der Waals surface area contributed by atoms with Crippen molar-refractivity contribution in [3.8, 4) is 11.4 Å². The van der Waals surface area contributed by atoms with Crippen molar-refractivity contribution in [2.24, 2.45) is 11.5 Å². The third-order valence-electron chi connectivity index (χ3n) is 3.39. The number of anilines is 1. The highest BCUT2D eigenvalue weighted by Crippen LogP contribution is 2.29. The summed E-state index contributed by atoms with van der Waals surface area (Å²) in [5.74, 6) is 0.623. The van der Waals surface area contributed by atoms with Gasteiger partial charge in [-0.25, -0.2) is 9.97 Å². The molecule has 6 N–H and O–H groups in total. The number of aromatic nitrogens is 3. The van der Waals surface area contributed by atoms with Crippen molar-refractivity contribution in [3.63, 3.8) is 0 Å². The Morgan fingerprint density at radius 3 is 2.74 bits per heavy atom. The summed E-state index contributed by atoms with van der Waals surface area (Å²) in [6.07, 6.45) is 7.25. The zero-order valence-corrected chi connectivity index (χ0v) is 15.8. The number of hydrogen-bond acceptors (Lipinski definition) is 5. The van der Waals surface area contributed by atoms with Gasteiger partial charge in [0, 0.05) is 23.1 Å². The van der Waals surface area contributed by atoms with E-state index in [2.05, 4.69) is 20.3 Å². The van der Waals surface area contributed by atoms with Crippen LogP contribution in [0.2, 0.25) is 5.02 Å². The monoisotopic (exact) mass is 384 g/mol. The van der Waals surface area contributed by atoms with Gasteiger partial charge in [0.25, 0.3) is 0 Å². The quantitative estimate of drug-likeness (QED) is 0.405. The molecule has 0 atom stereocenters. The molecular formula is C19H21ClN6O. The number of carbonyl (C=O) groups excluding carboxylic acids is 1. The molecule has 1 aromatic carbocycles. The summed E-state index contributed by atoms with van der Waals surface area (Å²) in [4.78, 5) is 22.4. The zero-order valence-electron chi connectivity index (χ0n) is 15.0. The van der Waals surface area contributed by atoms with Crippen molar-refractivity contribution in [3.05, 3.63) is 65.1 Å². The highest BCUT2D eigenvalue weighted by atomic mass is 35.5. The maximum atomic E-state index is 10.5. The van der Waals surface area contributed by atoms with E-state index in [9.17, 15) is 4.79 Å². The van der Waals surface area contributed by atoms with Crippen molar-refractivity contribution in [1.82, 2.24) is 15.0 Å². The molecule has 7 nitrogen and oxygen atoms in total. The Morgan fingerprint density at radius 2 is 2.11 bits per heavy atom. The number of fused-ring (bicyclic) bond motifs is 1. The van der Waals surface area contributed by atoms with Crippen LogP contribution in [0.25, 0.3) is 22.6 Å². The van der Waals surface area contributed by atoms with Crippen molar-refractivity contribution in [1.29, 1.82) is 0 Å². The maximum Gasteiger partial charge on any atom is 0.211 e. The Kier molecular flexibility index (Phi) is 6.96. The molecule has 140 valence electrons. The number of aromatic amines is 1. The normalized spacial score (nSPS) is 11.3. The van der Waals surface area contributed by atoms with Crippen LogP contribution in [0, 0.1) is 6.92 Å². The summed E-state index contributed by atoms with van der Waals surface area (Å²) in [5.41, 5.74) is 14.9. The van der Waals surface area contributed by atoms with Crippen LogP contribution >= 0.6 is 11.6 Å². The number of imidazole rings is 1. The van der Waals surface area contributed by atoms with Crippen LogP contribution in [0.5, 0.6) is 0 Å². The molecule has 0 saturated heterocycles. The largest absolute Gasteiger partial charge is 0.405 e. The van der Waals surface area contributed by atoms with Crippen LogP contribution in [0.15, 0.2) is 54.5 Å². The van der Waals surface area contributed by atoms with Crippen molar-refractivity contribution >= 4 is 34.9 Å². The zero-order chi connectivity index (χ0) is 19.8. The van der Waals surface area contributed by atoms with Gasteiger partial charge in [0.1, 0.15) is 5.82 Å². The topological polar surface area (TPSA) is 123 Å². The van der Waals surface area contributed by atoms with Gasteiger partial charge in [-0.05, 0) is 62.0 Å². The Morgan fingerprint density at radius 1 is 1.33 bits per heavy atom. The van der Waals surface area contributed by atoms with E-state index in [1.54, 1.807) is 43.5 Å². The highest BCUT2D eigenvalue weighted by Gasteiger charge is 2.10. The Balaban J connectivity index is 0.000000321. The van der Waals surface area contributed by atoms with Crippen LogP contribution in [-0.2, 0) is 4.79 Å². The average molecular weight is 385 g/mol. The van der Waals surface area contributed by atoms with E-state index in [4.69, 9.17) is 23.1 Å². The van der Waals surface area contributed by atoms with E-state index in [-0.39, 0.29) is 0 Å². The van der Waals surface area contributed by atoms with Gasteiger partial charge in [-0.3, -0.25) is 4.79 Å². The number of benzene rings is 1. The predicted octanol–water partition coefficient (Wildman–Crippen LogP) is 3.48. The molecule has 0 spiro atoms. The molecule has 0 aliphatic carbocycles. The third kappa shape index (κ3) is 5.58. The molecule has 0 fully saturated rings. The number of pyridine rings is 1. The van der Waals surface area contributed by atoms with Gasteiger partial charge < -0.3 is 21.8 Å². The number of amides is 1. The molecule has 0 saturated carbocycles. The number of nitrogens with two attached hydrogens (primary N) is 2. The fourth-order valence-corrected chi connectivity index (χ4v) is 2.41. The van der Waals surface area contributed by atoms with Crippen LogP contribution in [0.3, 0.4) is 0 Å². The smallest absolute Gasteiger partial charge is 0.211 e. The third-order valence-corrected chi connectivity index (χ3v) is 3.72. The molecule has 2 aromatic heterocycles. The van der Waals surface area contributed by atoms with Gasteiger partial charge in [0.05, 0.1) is 10.5 Å². The summed E-state index contributed by atoms with van der Waals surface area (Å²) in [5, 5.41) is 3.14. The number of H-pyrrole nitrogens is 1. The summed E-state index contributed by atoms with van der Waals surface area (Å²) < 4.78 is 0. The second-order valence-corrected chi connectivity index (χ2v) is 6.13. The summed E-state index contributed by atoms with van der Waals surface area (Å²) in [7, 11) is 0. The van der Waals surface area contributed by atoms with E-state index < -0.39 is 0 Å². The van der Waals surface area contributed by atoms with E-state index in [0.29, 0.717) is 34.2 Å². The Bertz CT molecular complexity index is 989. The van der Waals surface area contributed by atoms with Crippen molar-refractivity contribution < 1.29 is 4.79 Å². The minimum Gasteiger partial charge on any atom is -0.405 e. The van der Waals surface area contributed by atoms with Gasteiger partial charge in [0.2, 0.25) is 6.41 Å². The first-order valence-corrected chi connectivity index (χ1v) is 8.45. The van der Waals surface area contributed by atoms with Crippen molar-refractivity contribution in [2.75, 3.05) is 5.32 Å². The minimum absolute atomic E-state index is 0.553. The van der Waals surface area contributed by atoms with E-state index in [1.807, 2.05) is 13.0 Å².